The van der Waals surface area contributed by atoms with Crippen molar-refractivity contribution in [2.75, 3.05) is 7.11 Å². The number of carbonyl (C=O) groups is 1. The SMILES string of the molecule is COC(=O)c1cccc(C(N)I)c1. The number of alkyl halides is 1. The highest BCUT2D eigenvalue weighted by atomic mass is 127. The summed E-state index contributed by atoms with van der Waals surface area (Å²) in [5.74, 6) is -0.334. The van der Waals surface area contributed by atoms with Crippen molar-refractivity contribution in [3.8, 4) is 0 Å². The molecule has 0 saturated carbocycles. The largest absolute Gasteiger partial charge is 0.465 e. The van der Waals surface area contributed by atoms with Crippen molar-refractivity contribution in [3.05, 3.63) is 35.4 Å². The lowest BCUT2D eigenvalue weighted by Gasteiger charge is -2.05. The molecule has 0 fully saturated rings. The van der Waals surface area contributed by atoms with Gasteiger partial charge in [0.15, 0.2) is 0 Å². The monoisotopic (exact) mass is 291 g/mol. The standard InChI is InChI=1S/C9H10INO2/c1-13-9(12)7-4-2-3-6(5-7)8(10)11/h2-5,8H,11H2,1H3. The fraction of sp³-hybridized carbons (Fsp3) is 0.222. The number of halogens is 1. The molecular formula is C9H10INO2. The molecule has 0 heterocycles. The number of benzene rings is 1. The summed E-state index contributed by atoms with van der Waals surface area (Å²) in [7, 11) is 1.36. The summed E-state index contributed by atoms with van der Waals surface area (Å²) >= 11 is 2.09. The van der Waals surface area contributed by atoms with Crippen LogP contribution in [0.5, 0.6) is 0 Å². The maximum Gasteiger partial charge on any atom is 0.337 e. The van der Waals surface area contributed by atoms with E-state index < -0.39 is 0 Å². The lowest BCUT2D eigenvalue weighted by molar-refractivity contribution is 0.0600. The minimum Gasteiger partial charge on any atom is -0.465 e. The van der Waals surface area contributed by atoms with E-state index in [-0.39, 0.29) is 10.0 Å². The van der Waals surface area contributed by atoms with Crippen LogP contribution in [0.15, 0.2) is 24.3 Å². The Kier molecular flexibility index (Phi) is 3.68. The Morgan fingerprint density at radius 1 is 1.62 bits per heavy atom. The lowest BCUT2D eigenvalue weighted by atomic mass is 10.1. The van der Waals surface area contributed by atoms with Crippen molar-refractivity contribution in [1.82, 2.24) is 0 Å². The number of carbonyl (C=O) groups excluding carboxylic acids is 1. The zero-order chi connectivity index (χ0) is 9.84. The van der Waals surface area contributed by atoms with Crippen LogP contribution >= 0.6 is 22.6 Å². The average Bonchev–Trinajstić information content (AvgIpc) is 2.17. The summed E-state index contributed by atoms with van der Waals surface area (Å²) < 4.78 is 4.49. The van der Waals surface area contributed by atoms with Gasteiger partial charge in [0, 0.05) is 0 Å². The van der Waals surface area contributed by atoms with E-state index in [4.69, 9.17) is 5.73 Å². The fourth-order valence-corrected chi connectivity index (χ4v) is 1.34. The highest BCUT2D eigenvalue weighted by Crippen LogP contribution is 2.18. The molecule has 2 N–H and O–H groups in total. The van der Waals surface area contributed by atoms with Gasteiger partial charge >= 0.3 is 5.97 Å². The molecule has 70 valence electrons. The molecule has 0 aliphatic carbocycles. The third-order valence-electron chi connectivity index (χ3n) is 1.63. The van der Waals surface area contributed by atoms with Gasteiger partial charge in [-0.3, -0.25) is 0 Å². The summed E-state index contributed by atoms with van der Waals surface area (Å²) in [5.41, 5.74) is 7.11. The van der Waals surface area contributed by atoms with Gasteiger partial charge in [-0.1, -0.05) is 34.7 Å². The van der Waals surface area contributed by atoms with Gasteiger partial charge in [0.25, 0.3) is 0 Å². The van der Waals surface area contributed by atoms with E-state index in [0.717, 1.165) is 5.56 Å². The number of hydrogen-bond donors (Lipinski definition) is 1. The molecule has 1 atom stereocenters. The quantitative estimate of drug-likeness (QED) is 0.392. The van der Waals surface area contributed by atoms with Crippen LogP contribution in [0.3, 0.4) is 0 Å². The first-order chi connectivity index (χ1) is 6.15. The number of ether oxygens (including phenoxy) is 1. The van der Waals surface area contributed by atoms with Gasteiger partial charge in [0.2, 0.25) is 0 Å². The number of nitrogens with two attached hydrogens (primary N) is 1. The van der Waals surface area contributed by atoms with Gasteiger partial charge in [-0.15, -0.1) is 0 Å². The Morgan fingerprint density at radius 2 is 2.31 bits per heavy atom. The van der Waals surface area contributed by atoms with Gasteiger partial charge < -0.3 is 10.5 Å². The van der Waals surface area contributed by atoms with Crippen molar-refractivity contribution in [2.45, 2.75) is 4.05 Å². The molecule has 3 nitrogen and oxygen atoms in total. The Labute approximate surface area is 90.4 Å². The first-order valence-electron chi connectivity index (χ1n) is 3.73. The molecule has 0 aliphatic heterocycles. The summed E-state index contributed by atoms with van der Waals surface area (Å²) in [6, 6.07) is 7.11. The zero-order valence-corrected chi connectivity index (χ0v) is 9.32. The number of hydrogen-bond acceptors (Lipinski definition) is 3. The van der Waals surface area contributed by atoms with Crippen LogP contribution in [0.1, 0.15) is 20.0 Å². The molecule has 0 bridgehead atoms. The number of esters is 1. The van der Waals surface area contributed by atoms with E-state index >= 15 is 0 Å². The van der Waals surface area contributed by atoms with Crippen molar-refractivity contribution >= 4 is 28.6 Å². The lowest BCUT2D eigenvalue weighted by Crippen LogP contribution is -2.05. The topological polar surface area (TPSA) is 52.3 Å². The van der Waals surface area contributed by atoms with E-state index in [1.807, 2.05) is 6.07 Å². The number of methoxy groups -OCH3 is 1. The zero-order valence-electron chi connectivity index (χ0n) is 7.16. The second-order valence-electron chi connectivity index (χ2n) is 2.52. The molecule has 0 spiro atoms. The van der Waals surface area contributed by atoms with E-state index in [1.165, 1.54) is 7.11 Å². The van der Waals surface area contributed by atoms with Gasteiger partial charge in [-0.2, -0.15) is 0 Å². The molecule has 0 radical (unpaired) electrons. The Balaban J connectivity index is 2.98. The molecule has 0 aliphatic rings. The van der Waals surface area contributed by atoms with Crippen LogP contribution in [-0.4, -0.2) is 13.1 Å². The van der Waals surface area contributed by atoms with E-state index in [9.17, 15) is 4.79 Å². The second-order valence-corrected chi connectivity index (χ2v) is 3.86. The van der Waals surface area contributed by atoms with Crippen LogP contribution in [0.2, 0.25) is 0 Å². The number of rotatable bonds is 2. The average molecular weight is 291 g/mol. The molecule has 1 unspecified atom stereocenters. The van der Waals surface area contributed by atoms with E-state index in [1.54, 1.807) is 18.2 Å². The molecular weight excluding hydrogens is 281 g/mol. The van der Waals surface area contributed by atoms with Crippen molar-refractivity contribution in [1.29, 1.82) is 0 Å². The molecule has 0 amide bonds. The summed E-state index contributed by atoms with van der Waals surface area (Å²) in [6.45, 7) is 0. The van der Waals surface area contributed by atoms with Gasteiger partial charge in [0.05, 0.1) is 16.7 Å². The third kappa shape index (κ3) is 2.67. The van der Waals surface area contributed by atoms with Crippen LogP contribution in [0, 0.1) is 0 Å². The predicted octanol–water partition coefficient (Wildman–Crippen LogP) is 1.87. The molecule has 1 rings (SSSR count). The third-order valence-corrected chi connectivity index (χ3v) is 2.35. The Hall–Kier alpha value is -0.620. The highest BCUT2D eigenvalue weighted by Gasteiger charge is 2.07. The Morgan fingerprint density at radius 3 is 2.85 bits per heavy atom. The van der Waals surface area contributed by atoms with Crippen LogP contribution < -0.4 is 5.73 Å². The molecule has 13 heavy (non-hydrogen) atoms. The van der Waals surface area contributed by atoms with Gasteiger partial charge in [0.1, 0.15) is 0 Å². The Bertz CT molecular complexity index is 312. The van der Waals surface area contributed by atoms with E-state index in [0.29, 0.717) is 5.56 Å². The normalized spacial score (nSPS) is 12.2. The van der Waals surface area contributed by atoms with Crippen LogP contribution in [-0.2, 0) is 4.74 Å². The summed E-state index contributed by atoms with van der Waals surface area (Å²) in [6.07, 6.45) is 0. The van der Waals surface area contributed by atoms with Gasteiger partial charge in [-0.05, 0) is 17.7 Å². The summed E-state index contributed by atoms with van der Waals surface area (Å²) in [4.78, 5) is 11.1. The van der Waals surface area contributed by atoms with Crippen LogP contribution in [0.25, 0.3) is 0 Å². The minimum atomic E-state index is -0.334. The minimum absolute atomic E-state index is 0.0952. The fourth-order valence-electron chi connectivity index (χ4n) is 0.955. The first-order valence-corrected chi connectivity index (χ1v) is 4.97. The van der Waals surface area contributed by atoms with Crippen molar-refractivity contribution in [2.24, 2.45) is 5.73 Å². The molecule has 0 aromatic heterocycles. The summed E-state index contributed by atoms with van der Waals surface area (Å²) in [5, 5.41) is 0. The maximum absolute atomic E-state index is 11.1. The van der Waals surface area contributed by atoms with Crippen molar-refractivity contribution < 1.29 is 9.53 Å². The predicted molar refractivity (Wildman–Crippen MR) is 58.7 cm³/mol. The molecule has 0 saturated heterocycles. The molecule has 1 aromatic carbocycles. The molecule has 1 aromatic rings. The molecule has 4 heteroatoms. The first kappa shape index (κ1) is 10.5. The maximum atomic E-state index is 11.1. The highest BCUT2D eigenvalue weighted by molar-refractivity contribution is 14.1. The van der Waals surface area contributed by atoms with Gasteiger partial charge in [-0.25, -0.2) is 4.79 Å². The van der Waals surface area contributed by atoms with Crippen LogP contribution in [0.4, 0.5) is 0 Å². The van der Waals surface area contributed by atoms with Crippen molar-refractivity contribution in [3.63, 3.8) is 0 Å². The smallest absolute Gasteiger partial charge is 0.337 e. The second kappa shape index (κ2) is 4.57. The van der Waals surface area contributed by atoms with E-state index in [2.05, 4.69) is 27.3 Å².